The number of hydrogen-bond donors (Lipinski definition) is 0. The molecule has 0 spiro atoms. The minimum atomic E-state index is -3.52. The van der Waals surface area contributed by atoms with Crippen LogP contribution in [0.4, 0.5) is 0 Å². The summed E-state index contributed by atoms with van der Waals surface area (Å²) in [6, 6.07) is 1.46. The molecule has 2 heterocycles. The quantitative estimate of drug-likeness (QED) is 0.798. The molecule has 0 aromatic carbocycles. The van der Waals surface area contributed by atoms with E-state index in [1.54, 1.807) is 0 Å². The first-order valence-electron chi connectivity index (χ1n) is 3.98. The van der Waals surface area contributed by atoms with E-state index in [0.717, 1.165) is 5.75 Å². The van der Waals surface area contributed by atoms with Crippen LogP contribution < -0.4 is 0 Å². The lowest BCUT2D eigenvalue weighted by molar-refractivity contribution is 0.597. The number of thiophene rings is 1. The van der Waals surface area contributed by atoms with Crippen LogP contribution in [0.3, 0.4) is 0 Å². The van der Waals surface area contributed by atoms with Crippen LogP contribution >= 0.6 is 46.5 Å². The van der Waals surface area contributed by atoms with Crippen molar-refractivity contribution in [1.82, 2.24) is 0 Å². The topological polar surface area (TPSA) is 46.5 Å². The highest BCUT2D eigenvalue weighted by atomic mass is 35.5. The molecule has 1 aliphatic rings. The fourth-order valence-corrected chi connectivity index (χ4v) is 6.97. The molecule has 0 saturated carbocycles. The van der Waals surface area contributed by atoms with E-state index >= 15 is 0 Å². The molecule has 0 saturated heterocycles. The van der Waals surface area contributed by atoms with Crippen LogP contribution in [0.1, 0.15) is 6.92 Å². The normalized spacial score (nSPS) is 18.4. The molecule has 0 unspecified atom stereocenters. The van der Waals surface area contributed by atoms with Crippen molar-refractivity contribution in [3.05, 3.63) is 10.4 Å². The molecule has 0 bridgehead atoms. The Morgan fingerprint density at radius 1 is 1.60 bits per heavy atom. The van der Waals surface area contributed by atoms with Crippen molar-refractivity contribution in [3.8, 4) is 0 Å². The van der Waals surface area contributed by atoms with E-state index in [2.05, 4.69) is 4.40 Å². The van der Waals surface area contributed by atoms with Crippen molar-refractivity contribution in [2.24, 2.45) is 4.40 Å². The number of fused-ring (bicyclic) bond motifs is 1. The second-order valence-corrected chi connectivity index (χ2v) is 8.59. The van der Waals surface area contributed by atoms with Crippen LogP contribution in [0.2, 0.25) is 4.34 Å². The first-order valence-corrected chi connectivity index (χ1v) is 8.41. The molecular weight excluding hydrogens is 294 g/mol. The monoisotopic (exact) mass is 299 g/mol. The summed E-state index contributed by atoms with van der Waals surface area (Å²) >= 11 is 9.86. The van der Waals surface area contributed by atoms with Gasteiger partial charge in [-0.2, -0.15) is 8.42 Å². The molecule has 0 N–H and O–H groups in total. The third-order valence-electron chi connectivity index (χ3n) is 1.56. The minimum absolute atomic E-state index is 0.239. The Kier molecular flexibility index (Phi) is 3.37. The summed E-state index contributed by atoms with van der Waals surface area (Å²) < 4.78 is 28.9. The average Bonchev–Trinajstić information content (AvgIpc) is 2.46. The number of nitrogens with zero attached hydrogens (tertiary/aromatic N) is 1. The van der Waals surface area contributed by atoms with E-state index in [-0.39, 0.29) is 4.90 Å². The lowest BCUT2D eigenvalue weighted by atomic mass is 10.7. The summed E-state index contributed by atoms with van der Waals surface area (Å²) in [6.07, 6.45) is 0. The molecule has 15 heavy (non-hydrogen) atoms. The van der Waals surface area contributed by atoms with Crippen molar-refractivity contribution < 1.29 is 8.42 Å². The van der Waals surface area contributed by atoms with Gasteiger partial charge in [-0.05, 0) is 23.6 Å². The van der Waals surface area contributed by atoms with Crippen molar-refractivity contribution in [1.29, 1.82) is 0 Å². The molecule has 82 valence electrons. The number of halogens is 1. The SMILES string of the molecule is CCSC1=NS(=O)(=O)c2cc(Cl)sc2S1. The zero-order chi connectivity index (χ0) is 11.1. The van der Waals surface area contributed by atoms with Gasteiger partial charge in [0.05, 0.1) is 8.55 Å². The van der Waals surface area contributed by atoms with E-state index < -0.39 is 10.0 Å². The molecule has 0 fully saturated rings. The van der Waals surface area contributed by atoms with Crippen LogP contribution in [0.5, 0.6) is 0 Å². The Balaban J connectivity index is 2.49. The fourth-order valence-electron chi connectivity index (χ4n) is 1.01. The Hall–Kier alpha value is 0.310. The largest absolute Gasteiger partial charge is 0.285 e. The summed E-state index contributed by atoms with van der Waals surface area (Å²) in [5.74, 6) is 0.801. The van der Waals surface area contributed by atoms with Gasteiger partial charge in [0.1, 0.15) is 9.27 Å². The molecule has 1 aromatic rings. The first kappa shape index (κ1) is 11.8. The van der Waals surface area contributed by atoms with Gasteiger partial charge in [0.25, 0.3) is 10.0 Å². The van der Waals surface area contributed by atoms with Crippen molar-refractivity contribution >= 4 is 60.9 Å². The lowest BCUT2D eigenvalue weighted by Crippen LogP contribution is -2.04. The Morgan fingerprint density at radius 3 is 3.00 bits per heavy atom. The summed E-state index contributed by atoms with van der Waals surface area (Å²) in [4.78, 5) is 0.239. The van der Waals surface area contributed by atoms with Gasteiger partial charge < -0.3 is 0 Å². The van der Waals surface area contributed by atoms with E-state index in [0.29, 0.717) is 12.9 Å². The predicted molar refractivity (Wildman–Crippen MR) is 67.9 cm³/mol. The van der Waals surface area contributed by atoms with Gasteiger partial charge >= 0.3 is 0 Å². The Bertz CT molecular complexity index is 519. The standard InChI is InChI=1S/C7H6ClNO2S4/c1-2-12-7-9-15(10,11)4-3-5(8)13-6(4)14-7/h3H,2H2,1H3. The molecular formula is C7H6ClNO2S4. The lowest BCUT2D eigenvalue weighted by Gasteiger charge is -2.09. The van der Waals surface area contributed by atoms with Gasteiger partial charge in [-0.25, -0.2) is 0 Å². The van der Waals surface area contributed by atoms with Crippen LogP contribution in [-0.2, 0) is 10.0 Å². The number of sulfonamides is 1. The third-order valence-corrected chi connectivity index (χ3v) is 6.81. The average molecular weight is 300 g/mol. The zero-order valence-corrected chi connectivity index (χ0v) is 11.6. The number of hydrogen-bond acceptors (Lipinski definition) is 5. The van der Waals surface area contributed by atoms with Crippen molar-refractivity contribution in [2.75, 3.05) is 5.75 Å². The van der Waals surface area contributed by atoms with Gasteiger partial charge in [-0.3, -0.25) is 0 Å². The van der Waals surface area contributed by atoms with Crippen LogP contribution in [0.15, 0.2) is 19.6 Å². The smallest absolute Gasteiger partial charge is 0.199 e. The molecule has 0 amide bonds. The summed E-state index contributed by atoms with van der Waals surface area (Å²) in [6.45, 7) is 1.96. The summed E-state index contributed by atoms with van der Waals surface area (Å²) in [7, 11) is -3.52. The molecule has 1 aliphatic heterocycles. The van der Waals surface area contributed by atoms with E-state index in [9.17, 15) is 8.42 Å². The second kappa shape index (κ2) is 4.29. The van der Waals surface area contributed by atoms with Gasteiger partial charge in [0.15, 0.2) is 0 Å². The maximum absolute atomic E-state index is 11.7. The highest BCUT2D eigenvalue weighted by molar-refractivity contribution is 8.40. The minimum Gasteiger partial charge on any atom is -0.199 e. The second-order valence-electron chi connectivity index (χ2n) is 2.57. The van der Waals surface area contributed by atoms with Crippen LogP contribution in [0.25, 0.3) is 0 Å². The number of rotatable bonds is 1. The van der Waals surface area contributed by atoms with E-state index in [4.69, 9.17) is 11.6 Å². The molecule has 0 aliphatic carbocycles. The van der Waals surface area contributed by atoms with Crippen molar-refractivity contribution in [3.63, 3.8) is 0 Å². The highest BCUT2D eigenvalue weighted by Gasteiger charge is 2.28. The van der Waals surface area contributed by atoms with Gasteiger partial charge in [-0.15, -0.1) is 15.7 Å². The first-order chi connectivity index (χ1) is 7.03. The molecule has 0 atom stereocenters. The highest BCUT2D eigenvalue weighted by Crippen LogP contribution is 2.44. The molecule has 8 heteroatoms. The van der Waals surface area contributed by atoms with Crippen LogP contribution in [-0.4, -0.2) is 18.5 Å². The fraction of sp³-hybridized carbons (Fsp3) is 0.286. The Morgan fingerprint density at radius 2 is 2.33 bits per heavy atom. The molecule has 2 rings (SSSR count). The van der Waals surface area contributed by atoms with Gasteiger partial charge in [-0.1, -0.05) is 30.3 Å². The number of thioether (sulfide) groups is 2. The maximum Gasteiger partial charge on any atom is 0.285 e. The maximum atomic E-state index is 11.7. The zero-order valence-electron chi connectivity index (χ0n) is 7.56. The summed E-state index contributed by atoms with van der Waals surface area (Å²) in [5, 5.41) is 0. The van der Waals surface area contributed by atoms with Gasteiger partial charge in [0.2, 0.25) is 0 Å². The van der Waals surface area contributed by atoms with Crippen LogP contribution in [0, 0.1) is 0 Å². The van der Waals surface area contributed by atoms with E-state index in [1.807, 2.05) is 6.92 Å². The Labute approximate surface area is 105 Å². The summed E-state index contributed by atoms with van der Waals surface area (Å²) in [5.41, 5.74) is 0. The van der Waals surface area contributed by atoms with E-state index in [1.165, 1.54) is 40.9 Å². The molecule has 1 aromatic heterocycles. The molecule has 0 radical (unpaired) electrons. The molecule has 3 nitrogen and oxygen atoms in total. The van der Waals surface area contributed by atoms with Gasteiger partial charge in [0, 0.05) is 0 Å². The third kappa shape index (κ3) is 2.36. The van der Waals surface area contributed by atoms with Crippen molar-refractivity contribution in [2.45, 2.75) is 16.0 Å². The predicted octanol–water partition coefficient (Wildman–Crippen LogP) is 3.31.